The molecule has 0 spiro atoms. The number of carbonyl (C=O) groups excluding carboxylic acids is 1. The Kier molecular flexibility index (Phi) is 6.15. The maximum absolute atomic E-state index is 12.8. The molecule has 1 aliphatic heterocycles. The average Bonchev–Trinajstić information content (AvgIpc) is 3.54. The van der Waals surface area contributed by atoms with Crippen molar-refractivity contribution in [3.8, 4) is 0 Å². The molecule has 1 amide bonds. The molecule has 0 bridgehead atoms. The van der Waals surface area contributed by atoms with E-state index in [2.05, 4.69) is 47.6 Å². The van der Waals surface area contributed by atoms with Gasteiger partial charge in [-0.25, -0.2) is 4.98 Å². The van der Waals surface area contributed by atoms with Crippen LogP contribution in [0.25, 0.3) is 16.3 Å². The van der Waals surface area contributed by atoms with Gasteiger partial charge in [-0.05, 0) is 55.8 Å². The van der Waals surface area contributed by atoms with Crippen LogP contribution in [-0.4, -0.2) is 51.4 Å². The Balaban J connectivity index is 1.16. The first-order valence-electron chi connectivity index (χ1n) is 11.3. The van der Waals surface area contributed by atoms with E-state index in [1.54, 1.807) is 23.7 Å². The molecule has 7 heteroatoms. The molecular formula is C26H28N4O2S. The van der Waals surface area contributed by atoms with E-state index in [0.717, 1.165) is 66.0 Å². The third-order valence-corrected chi connectivity index (χ3v) is 7.31. The molecule has 1 aliphatic rings. The monoisotopic (exact) mass is 460 g/mol. The molecule has 170 valence electrons. The number of amides is 1. The zero-order valence-corrected chi connectivity index (χ0v) is 19.8. The highest BCUT2D eigenvalue weighted by atomic mass is 32.1. The van der Waals surface area contributed by atoms with Gasteiger partial charge in [0.05, 0.1) is 29.6 Å². The van der Waals surface area contributed by atoms with Crippen LogP contribution < -0.4 is 0 Å². The Morgan fingerprint density at radius 2 is 1.91 bits per heavy atom. The first kappa shape index (κ1) is 21.7. The van der Waals surface area contributed by atoms with Gasteiger partial charge in [-0.15, -0.1) is 11.3 Å². The van der Waals surface area contributed by atoms with E-state index in [1.807, 2.05) is 29.2 Å². The average molecular weight is 461 g/mol. The summed E-state index contributed by atoms with van der Waals surface area (Å²) in [4.78, 5) is 21.9. The van der Waals surface area contributed by atoms with Crippen LogP contribution in [0.1, 0.15) is 27.7 Å². The van der Waals surface area contributed by atoms with Crippen LogP contribution in [0.5, 0.6) is 0 Å². The fourth-order valence-corrected chi connectivity index (χ4v) is 5.38. The van der Waals surface area contributed by atoms with Crippen LogP contribution in [-0.2, 0) is 17.9 Å². The SMILES string of the molecule is Cc1cc(C=CC(=O)N2CCN(Cc3nc4ccccc4s3)CC2)c(C)n1Cc1ccco1. The maximum Gasteiger partial charge on any atom is 0.246 e. The van der Waals surface area contributed by atoms with Gasteiger partial charge in [0, 0.05) is 43.6 Å². The lowest BCUT2D eigenvalue weighted by Crippen LogP contribution is -2.47. The van der Waals surface area contributed by atoms with E-state index >= 15 is 0 Å². The number of para-hydroxylation sites is 1. The smallest absolute Gasteiger partial charge is 0.246 e. The van der Waals surface area contributed by atoms with E-state index in [-0.39, 0.29) is 5.91 Å². The molecule has 5 rings (SSSR count). The predicted molar refractivity (Wildman–Crippen MR) is 132 cm³/mol. The Hall–Kier alpha value is -3.16. The minimum atomic E-state index is 0.0745. The predicted octanol–water partition coefficient (Wildman–Crippen LogP) is 4.71. The van der Waals surface area contributed by atoms with Gasteiger partial charge in [0.1, 0.15) is 10.8 Å². The van der Waals surface area contributed by atoms with Crippen LogP contribution >= 0.6 is 11.3 Å². The minimum absolute atomic E-state index is 0.0745. The van der Waals surface area contributed by atoms with Crippen molar-refractivity contribution in [3.63, 3.8) is 0 Å². The molecule has 33 heavy (non-hydrogen) atoms. The summed E-state index contributed by atoms with van der Waals surface area (Å²) >= 11 is 1.76. The summed E-state index contributed by atoms with van der Waals surface area (Å²) in [5.41, 5.74) is 4.43. The highest BCUT2D eigenvalue weighted by Gasteiger charge is 2.21. The molecule has 0 saturated carbocycles. The summed E-state index contributed by atoms with van der Waals surface area (Å²) in [7, 11) is 0. The molecule has 0 unspecified atom stereocenters. The largest absolute Gasteiger partial charge is 0.467 e. The van der Waals surface area contributed by atoms with Crippen LogP contribution in [0.15, 0.2) is 59.2 Å². The molecule has 0 aliphatic carbocycles. The van der Waals surface area contributed by atoms with Crippen molar-refractivity contribution in [2.45, 2.75) is 26.9 Å². The lowest BCUT2D eigenvalue weighted by atomic mass is 10.2. The Labute approximate surface area is 197 Å². The van der Waals surface area contributed by atoms with E-state index in [1.165, 1.54) is 4.70 Å². The van der Waals surface area contributed by atoms with Gasteiger partial charge in [0.15, 0.2) is 0 Å². The summed E-state index contributed by atoms with van der Waals surface area (Å²) < 4.78 is 8.93. The van der Waals surface area contributed by atoms with Gasteiger partial charge in [-0.3, -0.25) is 9.69 Å². The van der Waals surface area contributed by atoms with Crippen LogP contribution in [0.3, 0.4) is 0 Å². The number of thiazole rings is 1. The highest BCUT2D eigenvalue weighted by Crippen LogP contribution is 2.23. The van der Waals surface area contributed by atoms with E-state index in [9.17, 15) is 4.79 Å². The van der Waals surface area contributed by atoms with Crippen LogP contribution in [0.4, 0.5) is 0 Å². The molecular weight excluding hydrogens is 432 g/mol. The van der Waals surface area contributed by atoms with Gasteiger partial charge < -0.3 is 13.9 Å². The second-order valence-electron chi connectivity index (χ2n) is 8.50. The molecule has 4 aromatic rings. The highest BCUT2D eigenvalue weighted by molar-refractivity contribution is 7.18. The first-order chi connectivity index (χ1) is 16.1. The van der Waals surface area contributed by atoms with Gasteiger partial charge in [-0.2, -0.15) is 0 Å². The molecule has 3 aromatic heterocycles. The third-order valence-electron chi connectivity index (χ3n) is 6.29. The molecule has 0 atom stereocenters. The van der Waals surface area contributed by atoms with E-state index in [0.29, 0.717) is 6.54 Å². The van der Waals surface area contributed by atoms with Crippen molar-refractivity contribution in [2.75, 3.05) is 26.2 Å². The Bertz CT molecular complexity index is 1240. The van der Waals surface area contributed by atoms with Gasteiger partial charge in [-0.1, -0.05) is 12.1 Å². The van der Waals surface area contributed by atoms with Crippen molar-refractivity contribution < 1.29 is 9.21 Å². The number of benzene rings is 1. The third kappa shape index (κ3) is 4.79. The summed E-state index contributed by atoms with van der Waals surface area (Å²) in [6, 6.07) is 14.3. The van der Waals surface area contributed by atoms with E-state index < -0.39 is 0 Å². The van der Waals surface area contributed by atoms with Crippen molar-refractivity contribution >= 4 is 33.5 Å². The molecule has 4 heterocycles. The van der Waals surface area contributed by atoms with Gasteiger partial charge in [0.25, 0.3) is 0 Å². The van der Waals surface area contributed by atoms with Crippen molar-refractivity contribution in [1.29, 1.82) is 0 Å². The topological polar surface area (TPSA) is 54.5 Å². The zero-order chi connectivity index (χ0) is 22.8. The number of nitrogens with zero attached hydrogens (tertiary/aromatic N) is 4. The number of aryl methyl sites for hydroxylation is 1. The second kappa shape index (κ2) is 9.37. The van der Waals surface area contributed by atoms with Crippen LogP contribution in [0, 0.1) is 13.8 Å². The summed E-state index contributed by atoms with van der Waals surface area (Å²) in [6.07, 6.45) is 5.35. The number of furan rings is 1. The van der Waals surface area contributed by atoms with Gasteiger partial charge >= 0.3 is 0 Å². The minimum Gasteiger partial charge on any atom is -0.467 e. The number of fused-ring (bicyclic) bond motifs is 1. The quantitative estimate of drug-likeness (QED) is 0.391. The fraction of sp³-hybridized carbons (Fsp3) is 0.308. The number of aromatic nitrogens is 2. The van der Waals surface area contributed by atoms with Crippen molar-refractivity contribution in [2.24, 2.45) is 0 Å². The van der Waals surface area contributed by atoms with Crippen LogP contribution in [0.2, 0.25) is 0 Å². The number of hydrogen-bond donors (Lipinski definition) is 0. The molecule has 0 N–H and O–H groups in total. The summed E-state index contributed by atoms with van der Waals surface area (Å²) in [5, 5.41) is 1.14. The molecule has 1 saturated heterocycles. The maximum atomic E-state index is 12.8. The van der Waals surface area contributed by atoms with Crippen molar-refractivity contribution in [3.05, 3.63) is 82.5 Å². The molecule has 0 radical (unpaired) electrons. The molecule has 6 nitrogen and oxygen atoms in total. The van der Waals surface area contributed by atoms with E-state index in [4.69, 9.17) is 9.40 Å². The Morgan fingerprint density at radius 3 is 2.67 bits per heavy atom. The zero-order valence-electron chi connectivity index (χ0n) is 19.0. The number of piperazine rings is 1. The normalized spacial score (nSPS) is 15.2. The summed E-state index contributed by atoms with van der Waals surface area (Å²) in [6.45, 7) is 8.93. The Morgan fingerprint density at radius 1 is 1.09 bits per heavy atom. The van der Waals surface area contributed by atoms with Crippen molar-refractivity contribution in [1.82, 2.24) is 19.4 Å². The number of carbonyl (C=O) groups is 1. The molecule has 1 fully saturated rings. The number of rotatable bonds is 6. The fourth-order valence-electron chi connectivity index (χ4n) is 4.37. The second-order valence-corrected chi connectivity index (χ2v) is 9.62. The standard InChI is InChI=1S/C26H28N4O2S/c1-19-16-21(20(2)30(19)17-22-6-5-15-32-22)9-10-26(31)29-13-11-28(12-14-29)18-25-27-23-7-3-4-8-24(23)33-25/h3-10,15-16H,11-14,17-18H2,1-2H3. The lowest BCUT2D eigenvalue weighted by Gasteiger charge is -2.33. The van der Waals surface area contributed by atoms with Gasteiger partial charge in [0.2, 0.25) is 5.91 Å². The lowest BCUT2D eigenvalue weighted by molar-refractivity contribution is -0.127. The number of hydrogen-bond acceptors (Lipinski definition) is 5. The molecule has 1 aromatic carbocycles. The first-order valence-corrected chi connectivity index (χ1v) is 12.1. The summed E-state index contributed by atoms with van der Waals surface area (Å²) in [5.74, 6) is 0.998.